The Morgan fingerprint density at radius 2 is 1.71 bits per heavy atom. The number of benzene rings is 1. The minimum Gasteiger partial charge on any atom is -0.478 e. The number of aliphatic carboxylic acids is 2. The van der Waals surface area contributed by atoms with Crippen molar-refractivity contribution in [2.24, 2.45) is 0 Å². The molecular weight excluding hydrogens is 384 g/mol. The highest BCUT2D eigenvalue weighted by molar-refractivity contribution is 6.30. The van der Waals surface area contributed by atoms with E-state index in [1.54, 1.807) is 6.20 Å². The summed E-state index contributed by atoms with van der Waals surface area (Å²) in [5.41, 5.74) is 1.97. The monoisotopic (exact) mass is 406 g/mol. The molecular formula is C20H23ClN2O5. The number of carboxylic acids is 2. The lowest BCUT2D eigenvalue weighted by Gasteiger charge is -2.19. The lowest BCUT2D eigenvalue weighted by atomic mass is 10.1. The molecule has 0 radical (unpaired) electrons. The van der Waals surface area contributed by atoms with Gasteiger partial charge in [0.1, 0.15) is 6.10 Å². The Balaban J connectivity index is 0.000000416. The minimum atomic E-state index is -1.26. The number of likely N-dealkylation sites (N-methyl/N-ethyl adjacent to an activating group) is 1. The van der Waals surface area contributed by atoms with E-state index in [2.05, 4.69) is 9.88 Å². The number of carbonyl (C=O) groups is 2. The van der Waals surface area contributed by atoms with Crippen LogP contribution in [0.4, 0.5) is 0 Å². The van der Waals surface area contributed by atoms with E-state index >= 15 is 0 Å². The zero-order valence-electron chi connectivity index (χ0n) is 15.7. The lowest BCUT2D eigenvalue weighted by molar-refractivity contribution is -0.134. The quantitative estimate of drug-likeness (QED) is 0.649. The molecule has 0 unspecified atom stereocenters. The van der Waals surface area contributed by atoms with Crippen LogP contribution in [0.3, 0.4) is 0 Å². The number of hydrogen-bond acceptors (Lipinski definition) is 5. The molecule has 1 atom stereocenters. The molecule has 1 heterocycles. The fourth-order valence-corrected chi connectivity index (χ4v) is 2.14. The van der Waals surface area contributed by atoms with E-state index in [1.165, 1.54) is 0 Å². The summed E-state index contributed by atoms with van der Waals surface area (Å²) in [7, 11) is 4.06. The molecule has 1 aromatic carbocycles. The normalized spacial score (nSPS) is 11.7. The van der Waals surface area contributed by atoms with Crippen molar-refractivity contribution in [2.45, 2.75) is 6.10 Å². The molecule has 0 bridgehead atoms. The summed E-state index contributed by atoms with van der Waals surface area (Å²) in [4.78, 5) is 25.6. The first kappa shape index (κ1) is 23.3. The Kier molecular flexibility index (Phi) is 10.5. The van der Waals surface area contributed by atoms with E-state index in [4.69, 9.17) is 26.6 Å². The van der Waals surface area contributed by atoms with Gasteiger partial charge in [0.25, 0.3) is 0 Å². The van der Waals surface area contributed by atoms with Crippen LogP contribution in [-0.2, 0) is 14.3 Å². The molecule has 0 fully saturated rings. The van der Waals surface area contributed by atoms with Crippen LogP contribution in [-0.4, -0.2) is 59.3 Å². The second-order valence-electron chi connectivity index (χ2n) is 5.87. The standard InChI is InChI=1S/C16H19ClN2O.C4H4O4/c1-19(2)11-12-20-16(15-5-3-4-10-18-15)13-6-8-14(17)9-7-13;5-3(6)1-2-4(7)8/h3-10,16H,11-12H2,1-2H3;1-2H,(H,5,6)(H,7,8)/b;2-1+/t16-;/m0./s1. The van der Waals surface area contributed by atoms with E-state index in [1.807, 2.05) is 56.6 Å². The number of aromatic nitrogens is 1. The molecule has 2 aromatic rings. The Bertz CT molecular complexity index is 748. The third-order valence-electron chi connectivity index (χ3n) is 3.32. The topological polar surface area (TPSA) is 100.0 Å². The van der Waals surface area contributed by atoms with Gasteiger partial charge in [0.2, 0.25) is 0 Å². The van der Waals surface area contributed by atoms with Crippen LogP contribution in [0.2, 0.25) is 5.02 Å². The molecule has 0 amide bonds. The predicted molar refractivity (Wildman–Crippen MR) is 106 cm³/mol. The number of halogens is 1. The maximum absolute atomic E-state index is 9.55. The average molecular weight is 407 g/mol. The number of pyridine rings is 1. The molecule has 0 aliphatic carbocycles. The Morgan fingerprint density at radius 1 is 1.11 bits per heavy atom. The van der Waals surface area contributed by atoms with Gasteiger partial charge in [0.05, 0.1) is 12.3 Å². The molecule has 28 heavy (non-hydrogen) atoms. The summed E-state index contributed by atoms with van der Waals surface area (Å²) < 4.78 is 6.02. The zero-order chi connectivity index (χ0) is 20.9. The molecule has 0 saturated carbocycles. The first-order valence-corrected chi connectivity index (χ1v) is 8.74. The zero-order valence-corrected chi connectivity index (χ0v) is 16.4. The van der Waals surface area contributed by atoms with Gasteiger partial charge < -0.3 is 19.8 Å². The van der Waals surface area contributed by atoms with Gasteiger partial charge in [0.15, 0.2) is 0 Å². The Hall–Kier alpha value is -2.74. The van der Waals surface area contributed by atoms with Crippen LogP contribution in [0.15, 0.2) is 60.8 Å². The summed E-state index contributed by atoms with van der Waals surface area (Å²) in [5.74, 6) is -2.51. The molecule has 1 aromatic heterocycles. The van der Waals surface area contributed by atoms with Gasteiger partial charge in [-0.25, -0.2) is 9.59 Å². The number of ether oxygens (including phenoxy) is 1. The fraction of sp³-hybridized carbons (Fsp3) is 0.250. The third kappa shape index (κ3) is 9.82. The smallest absolute Gasteiger partial charge is 0.328 e. The van der Waals surface area contributed by atoms with Crippen molar-refractivity contribution in [3.05, 3.63) is 77.1 Å². The first-order valence-electron chi connectivity index (χ1n) is 8.36. The van der Waals surface area contributed by atoms with Crippen LogP contribution in [0.5, 0.6) is 0 Å². The largest absolute Gasteiger partial charge is 0.478 e. The number of hydrogen-bond donors (Lipinski definition) is 2. The van der Waals surface area contributed by atoms with E-state index in [-0.39, 0.29) is 6.10 Å². The van der Waals surface area contributed by atoms with Crippen molar-refractivity contribution in [1.82, 2.24) is 9.88 Å². The SMILES string of the molecule is CN(C)CCO[C@@H](c1ccc(Cl)cc1)c1ccccn1.O=C(O)/C=C/C(=O)O. The Labute approximate surface area is 168 Å². The van der Waals surface area contributed by atoms with Crippen LogP contribution in [0.1, 0.15) is 17.4 Å². The van der Waals surface area contributed by atoms with E-state index < -0.39 is 11.9 Å². The van der Waals surface area contributed by atoms with E-state index in [9.17, 15) is 9.59 Å². The molecule has 8 heteroatoms. The van der Waals surface area contributed by atoms with Crippen molar-refractivity contribution in [1.29, 1.82) is 0 Å². The van der Waals surface area contributed by atoms with E-state index in [0.717, 1.165) is 22.8 Å². The van der Waals surface area contributed by atoms with Crippen LogP contribution >= 0.6 is 11.6 Å². The summed E-state index contributed by atoms with van der Waals surface area (Å²) in [6.45, 7) is 1.52. The molecule has 2 rings (SSSR count). The maximum atomic E-state index is 9.55. The van der Waals surface area contributed by atoms with Crippen molar-refractivity contribution in [2.75, 3.05) is 27.2 Å². The van der Waals surface area contributed by atoms with Gasteiger partial charge in [-0.2, -0.15) is 0 Å². The molecule has 0 spiro atoms. The Morgan fingerprint density at radius 3 is 2.18 bits per heavy atom. The second kappa shape index (κ2) is 12.6. The molecule has 150 valence electrons. The lowest BCUT2D eigenvalue weighted by Crippen LogP contribution is -2.20. The molecule has 0 aliphatic heterocycles. The first-order chi connectivity index (χ1) is 13.3. The van der Waals surface area contributed by atoms with Crippen LogP contribution < -0.4 is 0 Å². The molecule has 0 aliphatic rings. The van der Waals surface area contributed by atoms with Crippen molar-refractivity contribution < 1.29 is 24.5 Å². The summed E-state index contributed by atoms with van der Waals surface area (Å²) in [6.07, 6.45) is 2.74. The average Bonchev–Trinajstić information content (AvgIpc) is 2.65. The highest BCUT2D eigenvalue weighted by Gasteiger charge is 2.15. The van der Waals surface area contributed by atoms with Gasteiger partial charge in [-0.05, 0) is 43.9 Å². The molecule has 0 saturated heterocycles. The minimum absolute atomic E-state index is 0.159. The second-order valence-corrected chi connectivity index (χ2v) is 6.31. The van der Waals surface area contributed by atoms with E-state index in [0.29, 0.717) is 18.8 Å². The third-order valence-corrected chi connectivity index (χ3v) is 3.57. The van der Waals surface area contributed by atoms with Gasteiger partial charge in [-0.15, -0.1) is 0 Å². The van der Waals surface area contributed by atoms with Gasteiger partial charge in [-0.3, -0.25) is 4.98 Å². The maximum Gasteiger partial charge on any atom is 0.328 e. The number of rotatable bonds is 8. The van der Waals surface area contributed by atoms with Crippen molar-refractivity contribution >= 4 is 23.5 Å². The highest BCUT2D eigenvalue weighted by Crippen LogP contribution is 2.25. The van der Waals surface area contributed by atoms with Gasteiger partial charge in [0, 0.05) is 29.9 Å². The van der Waals surface area contributed by atoms with Crippen molar-refractivity contribution in [3.63, 3.8) is 0 Å². The number of nitrogens with zero attached hydrogens (tertiary/aromatic N) is 2. The van der Waals surface area contributed by atoms with Gasteiger partial charge >= 0.3 is 11.9 Å². The van der Waals surface area contributed by atoms with Crippen LogP contribution in [0.25, 0.3) is 0 Å². The fourth-order valence-electron chi connectivity index (χ4n) is 2.02. The van der Waals surface area contributed by atoms with Crippen molar-refractivity contribution in [3.8, 4) is 0 Å². The molecule has 7 nitrogen and oxygen atoms in total. The summed E-state index contributed by atoms with van der Waals surface area (Å²) >= 11 is 5.95. The predicted octanol–water partition coefficient (Wildman–Crippen LogP) is 3.11. The molecule has 2 N–H and O–H groups in total. The summed E-state index contributed by atoms with van der Waals surface area (Å²) in [6, 6.07) is 13.6. The van der Waals surface area contributed by atoms with Crippen LogP contribution in [0, 0.1) is 0 Å². The number of carboxylic acid groups (broad SMARTS) is 2. The summed E-state index contributed by atoms with van der Waals surface area (Å²) in [5, 5.41) is 16.3. The van der Waals surface area contributed by atoms with Gasteiger partial charge in [-0.1, -0.05) is 29.8 Å². The highest BCUT2D eigenvalue weighted by atomic mass is 35.5.